The number of rotatable bonds is 4. The van der Waals surface area contributed by atoms with Gasteiger partial charge in [-0.3, -0.25) is 9.59 Å². The van der Waals surface area contributed by atoms with Gasteiger partial charge in [-0.25, -0.2) is 4.98 Å². The predicted octanol–water partition coefficient (Wildman–Crippen LogP) is 2.64. The number of nitrogens with zero attached hydrogens (tertiary/aromatic N) is 1. The van der Waals surface area contributed by atoms with Gasteiger partial charge in [0.2, 0.25) is 0 Å². The van der Waals surface area contributed by atoms with Crippen LogP contribution >= 0.6 is 11.6 Å². The highest BCUT2D eigenvalue weighted by Gasteiger charge is 2.36. The van der Waals surface area contributed by atoms with Crippen LogP contribution in [0.1, 0.15) is 49.0 Å². The van der Waals surface area contributed by atoms with E-state index in [1.54, 1.807) is 6.07 Å². The normalized spacial score (nSPS) is 17.4. The number of hydrogen-bond acceptors (Lipinski definition) is 3. The summed E-state index contributed by atoms with van der Waals surface area (Å²) in [4.78, 5) is 27.2. The SMILES string of the molecule is O=C(O)CC1(NC(=O)c2ccc(Cl)cn2)CCCCC1. The van der Waals surface area contributed by atoms with Gasteiger partial charge in [0.25, 0.3) is 5.91 Å². The molecule has 1 aliphatic rings. The molecular formula is C14H17ClN2O3. The molecule has 1 amide bonds. The predicted molar refractivity (Wildman–Crippen MR) is 74.8 cm³/mol. The molecule has 20 heavy (non-hydrogen) atoms. The number of aromatic nitrogens is 1. The highest BCUT2D eigenvalue weighted by Crippen LogP contribution is 2.31. The fourth-order valence-corrected chi connectivity index (χ4v) is 2.79. The van der Waals surface area contributed by atoms with Crippen LogP contribution in [0.15, 0.2) is 18.3 Å². The van der Waals surface area contributed by atoms with Gasteiger partial charge in [-0.2, -0.15) is 0 Å². The maximum atomic E-state index is 12.2. The highest BCUT2D eigenvalue weighted by molar-refractivity contribution is 6.30. The van der Waals surface area contributed by atoms with Gasteiger partial charge < -0.3 is 10.4 Å². The maximum absolute atomic E-state index is 12.2. The Labute approximate surface area is 122 Å². The van der Waals surface area contributed by atoms with Crippen molar-refractivity contribution >= 4 is 23.5 Å². The third-order valence-electron chi connectivity index (χ3n) is 3.64. The number of nitrogens with one attached hydrogen (secondary N) is 1. The molecule has 0 bridgehead atoms. The Morgan fingerprint density at radius 1 is 1.30 bits per heavy atom. The van der Waals surface area contributed by atoms with E-state index < -0.39 is 11.5 Å². The number of carboxylic acid groups (broad SMARTS) is 1. The standard InChI is InChI=1S/C14H17ClN2O3/c15-10-4-5-11(16-9-10)13(20)17-14(8-12(18)19)6-2-1-3-7-14/h4-5,9H,1-3,6-8H2,(H,17,20)(H,18,19). The van der Waals surface area contributed by atoms with Gasteiger partial charge in [-0.05, 0) is 25.0 Å². The molecular weight excluding hydrogens is 280 g/mol. The van der Waals surface area contributed by atoms with Gasteiger partial charge in [0.1, 0.15) is 5.69 Å². The molecule has 6 heteroatoms. The number of carbonyl (C=O) groups excluding carboxylic acids is 1. The van der Waals surface area contributed by atoms with E-state index in [1.165, 1.54) is 12.3 Å². The highest BCUT2D eigenvalue weighted by atomic mass is 35.5. The Bertz CT molecular complexity index is 496. The Hall–Kier alpha value is -1.62. The van der Waals surface area contributed by atoms with Gasteiger partial charge in [0.05, 0.1) is 17.0 Å². The summed E-state index contributed by atoms with van der Waals surface area (Å²) in [6.07, 6.45) is 5.68. The summed E-state index contributed by atoms with van der Waals surface area (Å²) >= 11 is 5.73. The van der Waals surface area contributed by atoms with Gasteiger partial charge in [-0.15, -0.1) is 0 Å². The van der Waals surface area contributed by atoms with Crippen LogP contribution in [0.2, 0.25) is 5.02 Å². The summed E-state index contributed by atoms with van der Waals surface area (Å²) in [5, 5.41) is 12.4. The molecule has 1 saturated carbocycles. The van der Waals surface area contributed by atoms with Crippen LogP contribution in [0.5, 0.6) is 0 Å². The molecule has 0 unspecified atom stereocenters. The van der Waals surface area contributed by atoms with E-state index in [2.05, 4.69) is 10.3 Å². The molecule has 2 N–H and O–H groups in total. The van der Waals surface area contributed by atoms with Crippen LogP contribution in [-0.2, 0) is 4.79 Å². The quantitative estimate of drug-likeness (QED) is 0.895. The first-order valence-corrected chi connectivity index (χ1v) is 7.04. The molecule has 2 rings (SSSR count). The van der Waals surface area contributed by atoms with E-state index in [4.69, 9.17) is 16.7 Å². The molecule has 1 aromatic heterocycles. The first-order valence-electron chi connectivity index (χ1n) is 6.67. The summed E-state index contributed by atoms with van der Waals surface area (Å²) in [7, 11) is 0. The van der Waals surface area contributed by atoms with E-state index in [-0.39, 0.29) is 18.0 Å². The summed E-state index contributed by atoms with van der Waals surface area (Å²) in [6.45, 7) is 0. The van der Waals surface area contributed by atoms with Gasteiger partial charge in [0, 0.05) is 6.20 Å². The number of pyridine rings is 1. The number of aliphatic carboxylic acids is 1. The van der Waals surface area contributed by atoms with E-state index in [0.29, 0.717) is 17.9 Å². The molecule has 1 fully saturated rings. The number of carbonyl (C=O) groups is 2. The van der Waals surface area contributed by atoms with Crippen LogP contribution < -0.4 is 5.32 Å². The fraction of sp³-hybridized carbons (Fsp3) is 0.500. The second-order valence-corrected chi connectivity index (χ2v) is 5.66. The molecule has 1 aromatic rings. The van der Waals surface area contributed by atoms with Crippen LogP contribution in [0.4, 0.5) is 0 Å². The molecule has 108 valence electrons. The zero-order valence-electron chi connectivity index (χ0n) is 11.1. The van der Waals surface area contributed by atoms with Crippen molar-refractivity contribution in [3.8, 4) is 0 Å². The Morgan fingerprint density at radius 2 is 2.00 bits per heavy atom. The third kappa shape index (κ3) is 3.70. The summed E-state index contributed by atoms with van der Waals surface area (Å²) < 4.78 is 0. The van der Waals surface area contributed by atoms with E-state index in [1.807, 2.05) is 0 Å². The molecule has 0 saturated heterocycles. The lowest BCUT2D eigenvalue weighted by Gasteiger charge is -2.36. The number of hydrogen-bond donors (Lipinski definition) is 2. The number of halogens is 1. The zero-order chi connectivity index (χ0) is 14.6. The van der Waals surface area contributed by atoms with Crippen molar-refractivity contribution in [1.82, 2.24) is 10.3 Å². The fourth-order valence-electron chi connectivity index (χ4n) is 2.68. The van der Waals surface area contributed by atoms with Gasteiger partial charge in [-0.1, -0.05) is 30.9 Å². The van der Waals surface area contributed by atoms with Gasteiger partial charge in [0.15, 0.2) is 0 Å². The number of carboxylic acids is 1. The summed E-state index contributed by atoms with van der Waals surface area (Å²) in [6, 6.07) is 3.13. The number of amides is 1. The van der Waals surface area contributed by atoms with Crippen LogP contribution in [0.25, 0.3) is 0 Å². The second kappa shape index (κ2) is 6.22. The summed E-state index contributed by atoms with van der Waals surface area (Å²) in [5.74, 6) is -1.24. The first-order chi connectivity index (χ1) is 9.51. The van der Waals surface area contributed by atoms with Crippen molar-refractivity contribution in [2.75, 3.05) is 0 Å². The van der Waals surface area contributed by atoms with E-state index in [0.717, 1.165) is 19.3 Å². The van der Waals surface area contributed by atoms with Crippen molar-refractivity contribution < 1.29 is 14.7 Å². The van der Waals surface area contributed by atoms with Crippen LogP contribution in [0.3, 0.4) is 0 Å². The lowest BCUT2D eigenvalue weighted by molar-refractivity contribution is -0.139. The second-order valence-electron chi connectivity index (χ2n) is 5.23. The maximum Gasteiger partial charge on any atom is 0.305 e. The monoisotopic (exact) mass is 296 g/mol. The van der Waals surface area contributed by atoms with Crippen LogP contribution in [0, 0.1) is 0 Å². The average molecular weight is 297 g/mol. The molecule has 0 spiro atoms. The lowest BCUT2D eigenvalue weighted by Crippen LogP contribution is -2.51. The van der Waals surface area contributed by atoms with Crippen molar-refractivity contribution in [2.45, 2.75) is 44.1 Å². The smallest absolute Gasteiger partial charge is 0.305 e. The minimum atomic E-state index is -0.892. The minimum absolute atomic E-state index is 0.0493. The largest absolute Gasteiger partial charge is 0.481 e. The van der Waals surface area contributed by atoms with E-state index >= 15 is 0 Å². The molecule has 1 aliphatic carbocycles. The molecule has 0 aliphatic heterocycles. The molecule has 0 radical (unpaired) electrons. The molecule has 1 heterocycles. The first kappa shape index (κ1) is 14.8. The minimum Gasteiger partial charge on any atom is -0.481 e. The Morgan fingerprint density at radius 3 is 2.55 bits per heavy atom. The Balaban J connectivity index is 2.12. The molecule has 0 aromatic carbocycles. The van der Waals surface area contributed by atoms with E-state index in [9.17, 15) is 9.59 Å². The van der Waals surface area contributed by atoms with Crippen molar-refractivity contribution in [2.24, 2.45) is 0 Å². The zero-order valence-corrected chi connectivity index (χ0v) is 11.8. The van der Waals surface area contributed by atoms with Crippen molar-refractivity contribution in [3.63, 3.8) is 0 Å². The lowest BCUT2D eigenvalue weighted by atomic mass is 9.79. The topological polar surface area (TPSA) is 79.3 Å². The van der Waals surface area contributed by atoms with Gasteiger partial charge >= 0.3 is 5.97 Å². The average Bonchev–Trinajstić information content (AvgIpc) is 2.39. The third-order valence-corrected chi connectivity index (χ3v) is 3.86. The Kier molecular flexibility index (Phi) is 4.60. The van der Waals surface area contributed by atoms with Crippen LogP contribution in [-0.4, -0.2) is 27.5 Å². The van der Waals surface area contributed by atoms with Crippen molar-refractivity contribution in [1.29, 1.82) is 0 Å². The molecule has 5 nitrogen and oxygen atoms in total. The molecule has 0 atom stereocenters. The summed E-state index contributed by atoms with van der Waals surface area (Å²) in [5.41, 5.74) is -0.396. The van der Waals surface area contributed by atoms with Crippen molar-refractivity contribution in [3.05, 3.63) is 29.0 Å².